The van der Waals surface area contributed by atoms with Gasteiger partial charge in [0.05, 0.1) is 5.69 Å². The average Bonchev–Trinajstić information content (AvgIpc) is 2.81. The lowest BCUT2D eigenvalue weighted by molar-refractivity contribution is -0.131. The van der Waals surface area contributed by atoms with E-state index in [1.807, 2.05) is 13.8 Å². The number of ether oxygens (including phenoxy) is 1. The van der Waals surface area contributed by atoms with E-state index in [1.54, 1.807) is 18.2 Å². The lowest BCUT2D eigenvalue weighted by Gasteiger charge is -2.07. The minimum absolute atomic E-state index is 0.208. The number of rotatable bonds is 5. The van der Waals surface area contributed by atoms with Crippen LogP contribution < -0.4 is 4.74 Å². The molecule has 0 aliphatic heterocycles. The first-order valence-electron chi connectivity index (χ1n) is 5.98. The first-order valence-corrected chi connectivity index (χ1v) is 5.98. The molecule has 0 radical (unpaired) electrons. The molecular weight excluding hydrogens is 260 g/mol. The molecule has 0 saturated carbocycles. The zero-order valence-electron chi connectivity index (χ0n) is 11.2. The highest BCUT2D eigenvalue weighted by Gasteiger charge is 2.06. The van der Waals surface area contributed by atoms with Crippen LogP contribution in [0, 0.1) is 13.8 Å². The maximum absolute atomic E-state index is 10.6. The number of aryl methyl sites for hydroxylation is 2. The fourth-order valence-electron chi connectivity index (χ4n) is 1.59. The van der Waals surface area contributed by atoms with Crippen LogP contribution in [-0.2, 0) is 11.4 Å². The summed E-state index contributed by atoms with van der Waals surface area (Å²) in [4.78, 5) is 14.8. The number of pyridine rings is 1. The molecule has 2 heterocycles. The molecule has 104 valence electrons. The van der Waals surface area contributed by atoms with Crippen molar-refractivity contribution in [2.45, 2.75) is 20.5 Å². The molecule has 20 heavy (non-hydrogen) atoms. The number of carboxylic acids is 1. The SMILES string of the molecule is Cc1cc(COc2ccc(C)nc2C=CC(=O)O)on1. The normalized spacial score (nSPS) is 10.9. The van der Waals surface area contributed by atoms with Gasteiger partial charge >= 0.3 is 5.97 Å². The second-order valence-electron chi connectivity index (χ2n) is 4.23. The van der Waals surface area contributed by atoms with Crippen molar-refractivity contribution < 1.29 is 19.2 Å². The Labute approximate surface area is 115 Å². The summed E-state index contributed by atoms with van der Waals surface area (Å²) in [6.07, 6.45) is 2.42. The third-order valence-electron chi connectivity index (χ3n) is 2.46. The number of hydrogen-bond donors (Lipinski definition) is 1. The van der Waals surface area contributed by atoms with E-state index < -0.39 is 5.97 Å². The number of hydrogen-bond acceptors (Lipinski definition) is 5. The third-order valence-corrected chi connectivity index (χ3v) is 2.46. The Kier molecular flexibility index (Phi) is 4.14. The number of aliphatic carboxylic acids is 1. The second-order valence-corrected chi connectivity index (χ2v) is 4.23. The molecule has 0 spiro atoms. The van der Waals surface area contributed by atoms with Crippen LogP contribution in [0.25, 0.3) is 6.08 Å². The molecule has 6 heteroatoms. The van der Waals surface area contributed by atoms with Gasteiger partial charge in [0, 0.05) is 17.8 Å². The molecule has 0 fully saturated rings. The molecule has 0 aromatic carbocycles. The number of carbonyl (C=O) groups is 1. The van der Waals surface area contributed by atoms with Crippen molar-refractivity contribution in [3.8, 4) is 5.75 Å². The van der Waals surface area contributed by atoms with E-state index >= 15 is 0 Å². The fraction of sp³-hybridized carbons (Fsp3) is 0.214. The zero-order chi connectivity index (χ0) is 14.5. The van der Waals surface area contributed by atoms with Gasteiger partial charge in [0.15, 0.2) is 5.76 Å². The van der Waals surface area contributed by atoms with Gasteiger partial charge in [-0.25, -0.2) is 9.78 Å². The molecule has 0 aliphatic carbocycles. The first kappa shape index (κ1) is 13.8. The summed E-state index contributed by atoms with van der Waals surface area (Å²) in [5, 5.41) is 12.4. The molecular formula is C14H14N2O4. The number of aromatic nitrogens is 2. The predicted octanol–water partition coefficient (Wildman–Crippen LogP) is 2.36. The number of carboxylic acid groups (broad SMARTS) is 1. The molecule has 0 amide bonds. The maximum Gasteiger partial charge on any atom is 0.328 e. The Morgan fingerprint density at radius 3 is 2.85 bits per heavy atom. The van der Waals surface area contributed by atoms with Gasteiger partial charge in [-0.1, -0.05) is 5.16 Å². The predicted molar refractivity (Wildman–Crippen MR) is 71.2 cm³/mol. The fourth-order valence-corrected chi connectivity index (χ4v) is 1.59. The minimum atomic E-state index is -1.04. The lowest BCUT2D eigenvalue weighted by atomic mass is 10.2. The van der Waals surface area contributed by atoms with Crippen molar-refractivity contribution in [3.05, 3.63) is 47.1 Å². The largest absolute Gasteiger partial charge is 0.483 e. The van der Waals surface area contributed by atoms with Crippen LogP contribution in [-0.4, -0.2) is 21.2 Å². The van der Waals surface area contributed by atoms with Crippen LogP contribution in [0.3, 0.4) is 0 Å². The lowest BCUT2D eigenvalue weighted by Crippen LogP contribution is -1.98. The van der Waals surface area contributed by atoms with E-state index in [0.29, 0.717) is 17.2 Å². The smallest absolute Gasteiger partial charge is 0.328 e. The summed E-state index contributed by atoms with van der Waals surface area (Å²) >= 11 is 0. The van der Waals surface area contributed by atoms with Crippen LogP contribution >= 0.6 is 0 Å². The first-order chi connectivity index (χ1) is 9.54. The zero-order valence-corrected chi connectivity index (χ0v) is 11.2. The summed E-state index contributed by atoms with van der Waals surface area (Å²) < 4.78 is 10.6. The van der Waals surface area contributed by atoms with E-state index in [2.05, 4.69) is 10.1 Å². The molecule has 0 aliphatic rings. The van der Waals surface area contributed by atoms with Crippen molar-refractivity contribution in [2.75, 3.05) is 0 Å². The number of nitrogens with zero attached hydrogens (tertiary/aromatic N) is 2. The highest BCUT2D eigenvalue weighted by Crippen LogP contribution is 2.20. The van der Waals surface area contributed by atoms with Crippen molar-refractivity contribution >= 4 is 12.0 Å². The van der Waals surface area contributed by atoms with E-state index in [-0.39, 0.29) is 6.61 Å². The van der Waals surface area contributed by atoms with Crippen molar-refractivity contribution in [1.29, 1.82) is 0 Å². The topological polar surface area (TPSA) is 85.5 Å². The van der Waals surface area contributed by atoms with Crippen LogP contribution in [0.2, 0.25) is 0 Å². The molecule has 2 aromatic rings. The van der Waals surface area contributed by atoms with Crippen LogP contribution in [0.5, 0.6) is 5.75 Å². The molecule has 0 atom stereocenters. The average molecular weight is 274 g/mol. The Bertz CT molecular complexity index is 646. The molecule has 2 rings (SSSR count). The van der Waals surface area contributed by atoms with Gasteiger partial charge in [-0.2, -0.15) is 0 Å². The molecule has 6 nitrogen and oxygen atoms in total. The second kappa shape index (κ2) is 6.01. The van der Waals surface area contributed by atoms with Crippen molar-refractivity contribution in [1.82, 2.24) is 10.1 Å². The Balaban J connectivity index is 2.15. The van der Waals surface area contributed by atoms with E-state index in [4.69, 9.17) is 14.4 Å². The summed E-state index contributed by atoms with van der Waals surface area (Å²) in [7, 11) is 0. The van der Waals surface area contributed by atoms with Gasteiger partial charge in [-0.05, 0) is 32.1 Å². The van der Waals surface area contributed by atoms with Crippen LogP contribution in [0.4, 0.5) is 0 Å². The molecule has 0 unspecified atom stereocenters. The van der Waals surface area contributed by atoms with Gasteiger partial charge in [0.2, 0.25) is 0 Å². The van der Waals surface area contributed by atoms with E-state index in [0.717, 1.165) is 17.5 Å². The summed E-state index contributed by atoms with van der Waals surface area (Å²) in [5.41, 5.74) is 2.01. The standard InChI is InChI=1S/C14H14N2O4/c1-9-3-5-13(12(15-9)4-6-14(17)18)19-8-11-7-10(2)16-20-11/h3-7H,8H2,1-2H3,(H,17,18). The van der Waals surface area contributed by atoms with Gasteiger partial charge in [0.25, 0.3) is 0 Å². The summed E-state index contributed by atoms with van der Waals surface area (Å²) in [6, 6.07) is 5.31. The summed E-state index contributed by atoms with van der Waals surface area (Å²) in [5.74, 6) is 0.0449. The van der Waals surface area contributed by atoms with Gasteiger partial charge in [0.1, 0.15) is 18.1 Å². The minimum Gasteiger partial charge on any atom is -0.483 e. The van der Waals surface area contributed by atoms with Gasteiger partial charge < -0.3 is 14.4 Å². The van der Waals surface area contributed by atoms with Gasteiger partial charge in [-0.3, -0.25) is 0 Å². The maximum atomic E-state index is 10.6. The van der Waals surface area contributed by atoms with Crippen molar-refractivity contribution in [3.63, 3.8) is 0 Å². The Morgan fingerprint density at radius 1 is 1.40 bits per heavy atom. The highest BCUT2D eigenvalue weighted by molar-refractivity contribution is 5.85. The highest BCUT2D eigenvalue weighted by atomic mass is 16.5. The third kappa shape index (κ3) is 3.68. The molecule has 0 saturated heterocycles. The Morgan fingerprint density at radius 2 is 2.20 bits per heavy atom. The van der Waals surface area contributed by atoms with Crippen LogP contribution in [0.15, 0.2) is 28.8 Å². The van der Waals surface area contributed by atoms with Gasteiger partial charge in [-0.15, -0.1) is 0 Å². The molecule has 2 aromatic heterocycles. The summed E-state index contributed by atoms with van der Waals surface area (Å²) in [6.45, 7) is 3.85. The molecule has 1 N–H and O–H groups in total. The van der Waals surface area contributed by atoms with Crippen molar-refractivity contribution in [2.24, 2.45) is 0 Å². The molecule has 0 bridgehead atoms. The quantitative estimate of drug-likeness (QED) is 0.842. The monoisotopic (exact) mass is 274 g/mol. The van der Waals surface area contributed by atoms with Crippen LogP contribution in [0.1, 0.15) is 22.8 Å². The Hall–Kier alpha value is -2.63. The van der Waals surface area contributed by atoms with E-state index in [9.17, 15) is 4.79 Å². The van der Waals surface area contributed by atoms with E-state index in [1.165, 1.54) is 6.08 Å².